The number of aryl methyl sites for hydroxylation is 1. The molecule has 3 aromatic carbocycles. The monoisotopic (exact) mass is 622 g/mol. The molecule has 4 heterocycles. The van der Waals surface area contributed by atoms with Gasteiger partial charge in [0.15, 0.2) is 0 Å². The molecule has 0 radical (unpaired) electrons. The van der Waals surface area contributed by atoms with Gasteiger partial charge >= 0.3 is 0 Å². The maximum Gasteiger partial charge on any atom is 0.256 e. The van der Waals surface area contributed by atoms with Crippen molar-refractivity contribution in [2.24, 2.45) is 0 Å². The van der Waals surface area contributed by atoms with Gasteiger partial charge in [-0.25, -0.2) is 23.4 Å². The van der Waals surface area contributed by atoms with Gasteiger partial charge in [-0.15, -0.1) is 0 Å². The van der Waals surface area contributed by atoms with E-state index in [9.17, 15) is 13.2 Å². The van der Waals surface area contributed by atoms with Gasteiger partial charge in [0.05, 0.1) is 35.4 Å². The summed E-state index contributed by atoms with van der Waals surface area (Å²) >= 11 is 0. The van der Waals surface area contributed by atoms with Gasteiger partial charge in [-0.05, 0) is 79.4 Å². The summed E-state index contributed by atoms with van der Waals surface area (Å²) in [5.41, 5.74) is 5.21. The van der Waals surface area contributed by atoms with Crippen molar-refractivity contribution < 1.29 is 22.4 Å². The summed E-state index contributed by atoms with van der Waals surface area (Å²) in [5, 5.41) is 3.51. The number of aromatic nitrogens is 4. The predicted molar refractivity (Wildman–Crippen MR) is 171 cm³/mol. The number of rotatable bonds is 7. The van der Waals surface area contributed by atoms with Crippen molar-refractivity contribution in [1.82, 2.24) is 24.2 Å². The minimum absolute atomic E-state index is 0.0106. The highest BCUT2D eigenvalue weighted by Gasteiger charge is 2.29. The third-order valence-corrected chi connectivity index (χ3v) is 9.91. The molecular weight excluding hydrogens is 592 g/mol. The number of anilines is 1. The van der Waals surface area contributed by atoms with Crippen LogP contribution in [0.1, 0.15) is 35.4 Å². The highest BCUT2D eigenvalue weighted by Crippen LogP contribution is 2.33. The van der Waals surface area contributed by atoms with Crippen molar-refractivity contribution in [2.45, 2.75) is 31.1 Å². The number of carbonyl (C=O) groups is 1. The zero-order valence-corrected chi connectivity index (χ0v) is 25.5. The average molecular weight is 623 g/mol. The molecule has 1 amide bonds. The third kappa shape index (κ3) is 5.42. The van der Waals surface area contributed by atoms with E-state index in [1.807, 2.05) is 43.3 Å². The van der Waals surface area contributed by atoms with Crippen LogP contribution in [0.3, 0.4) is 0 Å². The molecule has 45 heavy (non-hydrogen) atoms. The lowest BCUT2D eigenvalue weighted by Gasteiger charge is -2.26. The van der Waals surface area contributed by atoms with Crippen LogP contribution in [0.4, 0.5) is 5.69 Å². The lowest BCUT2D eigenvalue weighted by Crippen LogP contribution is -2.35. The van der Waals surface area contributed by atoms with E-state index in [2.05, 4.69) is 20.3 Å². The first-order chi connectivity index (χ1) is 21.8. The van der Waals surface area contributed by atoms with Gasteiger partial charge < -0.3 is 19.5 Å². The minimum atomic E-state index is -3.83. The molecule has 11 nitrogen and oxygen atoms in total. The maximum absolute atomic E-state index is 14.0. The van der Waals surface area contributed by atoms with Crippen molar-refractivity contribution >= 4 is 43.6 Å². The number of fused-ring (bicyclic) bond motifs is 2. The first-order valence-electron chi connectivity index (χ1n) is 14.6. The van der Waals surface area contributed by atoms with Crippen LogP contribution in [0.2, 0.25) is 0 Å². The number of amides is 1. The number of ether oxygens (including phenoxy) is 1. The average Bonchev–Trinajstić information content (AvgIpc) is 3.73. The van der Waals surface area contributed by atoms with Crippen LogP contribution in [-0.2, 0) is 10.0 Å². The summed E-state index contributed by atoms with van der Waals surface area (Å²) in [7, 11) is -2.40. The van der Waals surface area contributed by atoms with Gasteiger partial charge in [0.2, 0.25) is 15.9 Å². The number of benzene rings is 3. The number of pyridine rings is 1. The van der Waals surface area contributed by atoms with E-state index in [4.69, 9.17) is 14.1 Å². The van der Waals surface area contributed by atoms with Gasteiger partial charge in [-0.2, -0.15) is 4.31 Å². The van der Waals surface area contributed by atoms with Crippen molar-refractivity contribution in [3.8, 4) is 28.5 Å². The summed E-state index contributed by atoms with van der Waals surface area (Å²) in [6.45, 7) is 2.81. The van der Waals surface area contributed by atoms with Crippen molar-refractivity contribution in [3.05, 3.63) is 84.5 Å². The fourth-order valence-electron chi connectivity index (χ4n) is 5.77. The largest absolute Gasteiger partial charge is 0.495 e. The molecule has 1 aliphatic rings. The summed E-state index contributed by atoms with van der Waals surface area (Å²) in [5.74, 6) is 0.870. The van der Waals surface area contributed by atoms with Crippen LogP contribution in [0.5, 0.6) is 5.75 Å². The zero-order chi connectivity index (χ0) is 31.1. The Morgan fingerprint density at radius 3 is 2.49 bits per heavy atom. The third-order valence-electron chi connectivity index (χ3n) is 7.99. The number of nitrogens with zero attached hydrogens (tertiary/aromatic N) is 4. The molecule has 3 aromatic heterocycles. The smallest absolute Gasteiger partial charge is 0.256 e. The van der Waals surface area contributed by atoms with Crippen molar-refractivity contribution in [1.29, 1.82) is 0 Å². The predicted octanol–water partition coefficient (Wildman–Crippen LogP) is 6.18. The molecule has 0 atom stereocenters. The molecule has 0 aliphatic carbocycles. The number of nitrogens with one attached hydrogen (secondary N) is 2. The molecule has 0 saturated carbocycles. The molecule has 2 N–H and O–H groups in total. The van der Waals surface area contributed by atoms with Crippen LogP contribution < -0.4 is 10.1 Å². The second-order valence-electron chi connectivity index (χ2n) is 11.0. The number of hydrogen-bond donors (Lipinski definition) is 2. The van der Waals surface area contributed by atoms with Crippen LogP contribution in [-0.4, -0.2) is 58.8 Å². The highest BCUT2D eigenvalue weighted by molar-refractivity contribution is 7.89. The number of carbonyl (C=O) groups excluding carboxylic acids is 1. The first kappa shape index (κ1) is 28.7. The highest BCUT2D eigenvalue weighted by atomic mass is 32.2. The van der Waals surface area contributed by atoms with Crippen LogP contribution in [0, 0.1) is 6.92 Å². The van der Waals surface area contributed by atoms with E-state index in [0.717, 1.165) is 47.2 Å². The molecular formula is C33H30N6O5S. The van der Waals surface area contributed by atoms with Crippen LogP contribution in [0.25, 0.3) is 44.6 Å². The number of sulfonamides is 1. The number of H-pyrrole nitrogens is 1. The van der Waals surface area contributed by atoms with E-state index in [1.54, 1.807) is 18.2 Å². The normalized spacial score (nSPS) is 14.2. The van der Waals surface area contributed by atoms with E-state index in [1.165, 1.54) is 29.9 Å². The van der Waals surface area contributed by atoms with Crippen LogP contribution in [0.15, 0.2) is 82.4 Å². The second-order valence-corrected chi connectivity index (χ2v) is 12.9. The number of imidazole rings is 1. The van der Waals surface area contributed by atoms with Gasteiger partial charge in [0.25, 0.3) is 5.91 Å². The second kappa shape index (κ2) is 11.5. The Balaban J connectivity index is 1.30. The molecule has 0 bridgehead atoms. The Morgan fingerprint density at radius 2 is 1.73 bits per heavy atom. The zero-order valence-electron chi connectivity index (χ0n) is 24.7. The summed E-state index contributed by atoms with van der Waals surface area (Å²) in [4.78, 5) is 30.7. The van der Waals surface area contributed by atoms with Gasteiger partial charge in [-0.3, -0.25) is 4.79 Å². The quantitative estimate of drug-likeness (QED) is 0.215. The number of oxazole rings is 1. The Hall–Kier alpha value is -5.07. The molecule has 12 heteroatoms. The SMILES string of the molecule is COc1ccc(NC(=O)c2cc(-c3ncco3)nc3ccc(-c4ccc5nc(C)[nH]c5c4)cc23)cc1S(=O)(=O)N1CCCCC1. The topological polar surface area (TPSA) is 143 Å². The fraction of sp³-hybridized carbons (Fsp3) is 0.212. The molecule has 1 aliphatic heterocycles. The minimum Gasteiger partial charge on any atom is -0.495 e. The Labute approximate surface area is 259 Å². The maximum atomic E-state index is 14.0. The molecule has 0 spiro atoms. The number of methoxy groups -OCH3 is 1. The summed E-state index contributed by atoms with van der Waals surface area (Å²) in [6.07, 6.45) is 5.56. The van der Waals surface area contributed by atoms with Crippen molar-refractivity contribution in [3.63, 3.8) is 0 Å². The van der Waals surface area contributed by atoms with E-state index >= 15 is 0 Å². The Morgan fingerprint density at radius 1 is 0.956 bits per heavy atom. The van der Waals surface area contributed by atoms with E-state index in [0.29, 0.717) is 40.9 Å². The van der Waals surface area contributed by atoms with Gasteiger partial charge in [-0.1, -0.05) is 18.6 Å². The fourth-order valence-corrected chi connectivity index (χ4v) is 7.47. The molecule has 7 rings (SSSR count). The van der Waals surface area contributed by atoms with Gasteiger partial charge in [0.1, 0.15) is 28.4 Å². The first-order valence-corrected chi connectivity index (χ1v) is 16.0. The molecule has 6 aromatic rings. The molecule has 1 saturated heterocycles. The number of aromatic amines is 1. The lowest BCUT2D eigenvalue weighted by atomic mass is 9.99. The molecule has 0 unspecified atom stereocenters. The Bertz CT molecular complexity index is 2170. The van der Waals surface area contributed by atoms with E-state index < -0.39 is 15.9 Å². The standard InChI is InChI=1S/C33H30N6O5S/c1-20-35-27-10-7-22(17-28(27)36-20)21-6-9-26-24(16-21)25(19-29(38-26)33-34-12-15-44-33)32(40)37-23-8-11-30(43-2)31(18-23)45(41,42)39-13-4-3-5-14-39/h6-12,15-19H,3-5,13-14H2,1-2H3,(H,35,36)(H,37,40). The lowest BCUT2D eigenvalue weighted by molar-refractivity contribution is 0.102. The van der Waals surface area contributed by atoms with Gasteiger partial charge in [0, 0.05) is 24.2 Å². The molecule has 228 valence electrons. The summed E-state index contributed by atoms with van der Waals surface area (Å²) in [6, 6.07) is 17.9. The van der Waals surface area contributed by atoms with Crippen LogP contribution >= 0.6 is 0 Å². The molecule has 1 fully saturated rings. The number of piperidine rings is 1. The van der Waals surface area contributed by atoms with E-state index in [-0.39, 0.29) is 16.5 Å². The summed E-state index contributed by atoms with van der Waals surface area (Å²) < 4.78 is 39.5. The Kier molecular flexibility index (Phi) is 7.30. The van der Waals surface area contributed by atoms with Crippen molar-refractivity contribution in [2.75, 3.05) is 25.5 Å². The number of hydrogen-bond acceptors (Lipinski definition) is 8.